The van der Waals surface area contributed by atoms with E-state index in [1.807, 2.05) is 43.3 Å². The largest absolute Gasteiger partial charge is 0.455 e. The number of rotatable bonds is 7. The van der Waals surface area contributed by atoms with Gasteiger partial charge < -0.3 is 14.8 Å². The molecule has 1 aliphatic heterocycles. The fourth-order valence-corrected chi connectivity index (χ4v) is 4.16. The predicted octanol–water partition coefficient (Wildman–Crippen LogP) is 4.41. The van der Waals surface area contributed by atoms with Crippen LogP contribution in [0, 0.1) is 6.92 Å². The number of hydrogen-bond donors (Lipinski definition) is 1. The molecule has 0 spiro atoms. The van der Waals surface area contributed by atoms with Crippen molar-refractivity contribution in [2.24, 2.45) is 0 Å². The lowest BCUT2D eigenvalue weighted by Crippen LogP contribution is -2.40. The summed E-state index contributed by atoms with van der Waals surface area (Å²) in [6, 6.07) is 21.9. The van der Waals surface area contributed by atoms with Gasteiger partial charge >= 0.3 is 5.97 Å². The van der Waals surface area contributed by atoms with E-state index in [0.717, 1.165) is 10.5 Å². The molecule has 3 aromatic carbocycles. The van der Waals surface area contributed by atoms with Crippen LogP contribution in [0.3, 0.4) is 0 Å². The lowest BCUT2D eigenvalue weighted by Gasteiger charge is -2.27. The maximum atomic E-state index is 12.4. The van der Waals surface area contributed by atoms with Crippen LogP contribution in [0.25, 0.3) is 0 Å². The molecule has 0 bridgehead atoms. The summed E-state index contributed by atoms with van der Waals surface area (Å²) in [6.45, 7) is 1.26. The highest BCUT2D eigenvalue weighted by molar-refractivity contribution is 8.00. The molecular formula is C25H22N2O5S. The molecule has 0 aromatic heterocycles. The van der Waals surface area contributed by atoms with E-state index in [-0.39, 0.29) is 18.2 Å². The average molecular weight is 463 g/mol. The molecule has 168 valence electrons. The molecule has 2 amide bonds. The first-order valence-electron chi connectivity index (χ1n) is 10.3. The third-order valence-electron chi connectivity index (χ3n) is 4.87. The van der Waals surface area contributed by atoms with Crippen molar-refractivity contribution in [1.82, 2.24) is 0 Å². The number of anilines is 2. The van der Waals surface area contributed by atoms with E-state index < -0.39 is 18.5 Å². The highest BCUT2D eigenvalue weighted by Gasteiger charge is 2.27. The number of benzene rings is 3. The quantitative estimate of drug-likeness (QED) is 0.524. The Hall–Kier alpha value is -3.78. The van der Waals surface area contributed by atoms with Gasteiger partial charge in [-0.25, -0.2) is 0 Å². The van der Waals surface area contributed by atoms with Gasteiger partial charge in [-0.05, 0) is 43.3 Å². The topological polar surface area (TPSA) is 84.9 Å². The summed E-state index contributed by atoms with van der Waals surface area (Å²) >= 11 is 1.43. The third-order valence-corrected chi connectivity index (χ3v) is 5.92. The number of hydrogen-bond acceptors (Lipinski definition) is 6. The molecule has 0 fully saturated rings. The van der Waals surface area contributed by atoms with Crippen LogP contribution in [-0.4, -0.2) is 36.7 Å². The number of nitrogens with one attached hydrogen (secondary N) is 1. The summed E-state index contributed by atoms with van der Waals surface area (Å²) in [6.07, 6.45) is 0. The zero-order valence-corrected chi connectivity index (χ0v) is 18.8. The number of para-hydroxylation sites is 3. The van der Waals surface area contributed by atoms with Gasteiger partial charge in [0.25, 0.3) is 5.91 Å². The van der Waals surface area contributed by atoms with Crippen molar-refractivity contribution in [2.75, 3.05) is 29.1 Å². The molecule has 0 saturated carbocycles. The highest BCUT2D eigenvalue weighted by Crippen LogP contribution is 2.34. The first-order chi connectivity index (χ1) is 16.0. The van der Waals surface area contributed by atoms with E-state index in [2.05, 4.69) is 5.32 Å². The van der Waals surface area contributed by atoms with Crippen molar-refractivity contribution in [3.05, 3.63) is 78.4 Å². The first-order valence-corrected chi connectivity index (χ1v) is 11.3. The highest BCUT2D eigenvalue weighted by atomic mass is 32.2. The molecule has 0 atom stereocenters. The molecular weight excluding hydrogens is 440 g/mol. The average Bonchev–Trinajstić information content (AvgIpc) is 2.82. The van der Waals surface area contributed by atoms with Crippen molar-refractivity contribution < 1.29 is 23.9 Å². The van der Waals surface area contributed by atoms with Gasteiger partial charge in [-0.1, -0.05) is 42.0 Å². The Morgan fingerprint density at radius 2 is 1.73 bits per heavy atom. The van der Waals surface area contributed by atoms with Gasteiger partial charge in [-0.3, -0.25) is 19.3 Å². The molecule has 1 N–H and O–H groups in total. The van der Waals surface area contributed by atoms with Crippen LogP contribution in [0.2, 0.25) is 0 Å². The van der Waals surface area contributed by atoms with Crippen LogP contribution in [0.1, 0.15) is 5.56 Å². The fourth-order valence-electron chi connectivity index (χ4n) is 3.23. The Labute approximate surface area is 195 Å². The molecule has 1 aliphatic rings. The smallest absolute Gasteiger partial charge is 0.326 e. The molecule has 4 rings (SSSR count). The number of carbonyl (C=O) groups is 3. The van der Waals surface area contributed by atoms with Gasteiger partial charge in [0.15, 0.2) is 12.4 Å². The Balaban J connectivity index is 1.33. The molecule has 7 nitrogen and oxygen atoms in total. The Morgan fingerprint density at radius 1 is 1.00 bits per heavy atom. The summed E-state index contributed by atoms with van der Waals surface area (Å²) in [4.78, 5) is 39.3. The van der Waals surface area contributed by atoms with E-state index in [4.69, 9.17) is 9.47 Å². The monoisotopic (exact) mass is 462 g/mol. The van der Waals surface area contributed by atoms with Crippen molar-refractivity contribution in [2.45, 2.75) is 11.8 Å². The Morgan fingerprint density at radius 3 is 2.55 bits per heavy atom. The van der Waals surface area contributed by atoms with Gasteiger partial charge in [0.2, 0.25) is 5.91 Å². The number of fused-ring (bicyclic) bond motifs is 1. The number of thioether (sulfide) groups is 1. The van der Waals surface area contributed by atoms with Crippen LogP contribution in [0.5, 0.6) is 11.5 Å². The molecule has 0 radical (unpaired) electrons. The van der Waals surface area contributed by atoms with Gasteiger partial charge in [0.05, 0.1) is 17.1 Å². The summed E-state index contributed by atoms with van der Waals surface area (Å²) in [7, 11) is 0. The standard InChI is InChI=1S/C25H22N2O5S/c1-17-10-12-18(13-11-17)32-21-8-4-2-6-19(21)26-23(28)15-31-25(30)14-27-20-7-3-5-9-22(20)33-16-24(27)29/h2-13H,14-16H2,1H3,(H,26,28). The SMILES string of the molecule is Cc1ccc(Oc2ccccc2NC(=O)COC(=O)CN2C(=O)CSc3ccccc32)cc1. The van der Waals surface area contributed by atoms with Gasteiger partial charge in [-0.15, -0.1) is 11.8 Å². The molecule has 0 aliphatic carbocycles. The van der Waals surface area contributed by atoms with E-state index in [9.17, 15) is 14.4 Å². The summed E-state index contributed by atoms with van der Waals surface area (Å²) in [5.41, 5.74) is 2.23. The second kappa shape index (κ2) is 10.2. The molecule has 3 aromatic rings. The van der Waals surface area contributed by atoms with E-state index in [1.165, 1.54) is 16.7 Å². The summed E-state index contributed by atoms with van der Waals surface area (Å²) < 4.78 is 11.0. The third kappa shape index (κ3) is 5.72. The van der Waals surface area contributed by atoms with Crippen molar-refractivity contribution in [3.63, 3.8) is 0 Å². The Kier molecular flexibility index (Phi) is 6.95. The normalized spacial score (nSPS) is 12.6. The van der Waals surface area contributed by atoms with E-state index in [1.54, 1.807) is 36.4 Å². The zero-order valence-electron chi connectivity index (χ0n) is 17.9. The first kappa shape index (κ1) is 22.4. The number of aryl methyl sites for hydroxylation is 1. The summed E-state index contributed by atoms with van der Waals surface area (Å²) in [5.74, 6) is 0.00561. The van der Waals surface area contributed by atoms with Crippen LogP contribution in [-0.2, 0) is 19.1 Å². The minimum Gasteiger partial charge on any atom is -0.455 e. The minimum absolute atomic E-state index is 0.178. The number of ether oxygens (including phenoxy) is 2. The van der Waals surface area contributed by atoms with Crippen molar-refractivity contribution >= 4 is 40.9 Å². The van der Waals surface area contributed by atoms with Gasteiger partial charge in [-0.2, -0.15) is 0 Å². The molecule has 0 saturated heterocycles. The maximum absolute atomic E-state index is 12.4. The second-order valence-electron chi connectivity index (χ2n) is 7.36. The van der Waals surface area contributed by atoms with Crippen LogP contribution >= 0.6 is 11.8 Å². The van der Waals surface area contributed by atoms with Crippen LogP contribution in [0.15, 0.2) is 77.7 Å². The van der Waals surface area contributed by atoms with Crippen LogP contribution in [0.4, 0.5) is 11.4 Å². The molecule has 8 heteroatoms. The Bertz CT molecular complexity index is 1180. The van der Waals surface area contributed by atoms with Crippen LogP contribution < -0.4 is 15.0 Å². The lowest BCUT2D eigenvalue weighted by atomic mass is 10.2. The number of nitrogens with zero attached hydrogens (tertiary/aromatic N) is 1. The molecule has 1 heterocycles. The van der Waals surface area contributed by atoms with Crippen molar-refractivity contribution in [3.8, 4) is 11.5 Å². The van der Waals surface area contributed by atoms with Crippen molar-refractivity contribution in [1.29, 1.82) is 0 Å². The van der Waals surface area contributed by atoms with Gasteiger partial charge in [0.1, 0.15) is 12.3 Å². The number of esters is 1. The molecule has 33 heavy (non-hydrogen) atoms. The summed E-state index contributed by atoms with van der Waals surface area (Å²) in [5, 5.41) is 2.70. The minimum atomic E-state index is -0.663. The van der Waals surface area contributed by atoms with E-state index in [0.29, 0.717) is 22.9 Å². The van der Waals surface area contributed by atoms with E-state index >= 15 is 0 Å². The second-order valence-corrected chi connectivity index (χ2v) is 8.37. The lowest BCUT2D eigenvalue weighted by molar-refractivity contribution is -0.146. The number of carbonyl (C=O) groups excluding carboxylic acids is 3. The fraction of sp³-hybridized carbons (Fsp3) is 0.160. The molecule has 0 unspecified atom stereocenters. The zero-order chi connectivity index (χ0) is 23.2. The predicted molar refractivity (Wildman–Crippen MR) is 127 cm³/mol. The number of amides is 2. The van der Waals surface area contributed by atoms with Gasteiger partial charge in [0, 0.05) is 4.90 Å². The maximum Gasteiger partial charge on any atom is 0.326 e.